The van der Waals surface area contributed by atoms with Crippen LogP contribution in [0.1, 0.15) is 6.23 Å². The fourth-order valence-electron chi connectivity index (χ4n) is 2.17. The van der Waals surface area contributed by atoms with Gasteiger partial charge in [-0.25, -0.2) is 15.0 Å². The van der Waals surface area contributed by atoms with Crippen molar-refractivity contribution in [3.05, 3.63) is 28.0 Å². The normalized spacial score (nSPS) is 24.1. The molecule has 0 bridgehead atoms. The van der Waals surface area contributed by atoms with Gasteiger partial charge in [-0.3, -0.25) is 4.57 Å². The quantitative estimate of drug-likeness (QED) is 0.247. The number of quaternary nitrogens is 1. The van der Waals surface area contributed by atoms with Gasteiger partial charge in [-0.15, -0.1) is 0 Å². The molecular weight excluding hydrogens is 378 g/mol. The van der Waals surface area contributed by atoms with Crippen molar-refractivity contribution in [2.45, 2.75) is 24.5 Å². The molecule has 28 heavy (non-hydrogen) atoms. The highest BCUT2D eigenvalue weighted by molar-refractivity contribution is 5.81. The summed E-state index contributed by atoms with van der Waals surface area (Å²) in [4.78, 5) is 20.1. The molecular formula is C14H25N7O7. The largest absolute Gasteiger partial charge is 0.394 e. The minimum atomic E-state index is -1.75. The van der Waals surface area contributed by atoms with Crippen LogP contribution in [-0.2, 0) is 4.74 Å². The second-order valence-corrected chi connectivity index (χ2v) is 7.22. The molecule has 1 aliphatic heterocycles. The van der Waals surface area contributed by atoms with E-state index in [0.29, 0.717) is 11.2 Å². The molecule has 0 unspecified atom stereocenters. The van der Waals surface area contributed by atoms with Crippen molar-refractivity contribution in [2.75, 3.05) is 40.5 Å². The zero-order valence-corrected chi connectivity index (χ0v) is 15.9. The Balaban J connectivity index is 0.000000369. The SMILES string of the molecule is C[N+](C)(C)C.Nc1ncnc2c1ncn2[C@@H]1O[C@H](CO)[C@@H](O)[C@H]1O.O=[N+]([O-])[O-]. The van der Waals surface area contributed by atoms with E-state index in [1.807, 2.05) is 0 Å². The Morgan fingerprint density at radius 2 is 1.75 bits per heavy atom. The summed E-state index contributed by atoms with van der Waals surface area (Å²) in [5.74, 6) is 0.218. The number of anilines is 1. The number of ether oxygens (including phenoxy) is 1. The Bertz CT molecular complexity index is 769. The third-order valence-electron chi connectivity index (χ3n) is 3.18. The highest BCUT2D eigenvalue weighted by Gasteiger charge is 2.43. The second-order valence-electron chi connectivity index (χ2n) is 7.22. The molecule has 0 aliphatic carbocycles. The Kier molecular flexibility index (Phi) is 7.95. The Morgan fingerprint density at radius 1 is 1.21 bits per heavy atom. The first-order chi connectivity index (χ1) is 12.9. The van der Waals surface area contributed by atoms with E-state index >= 15 is 0 Å². The number of hydrogen-bond donors (Lipinski definition) is 4. The third-order valence-corrected chi connectivity index (χ3v) is 3.18. The van der Waals surface area contributed by atoms with E-state index in [9.17, 15) is 10.2 Å². The minimum Gasteiger partial charge on any atom is -0.394 e. The van der Waals surface area contributed by atoms with Crippen molar-refractivity contribution in [3.63, 3.8) is 0 Å². The Hall–Kier alpha value is -2.65. The van der Waals surface area contributed by atoms with Crippen LogP contribution in [0.4, 0.5) is 5.82 Å². The molecule has 0 aromatic carbocycles. The first kappa shape index (κ1) is 23.4. The molecule has 158 valence electrons. The number of aliphatic hydroxyl groups excluding tert-OH is 3. The summed E-state index contributed by atoms with van der Waals surface area (Å²) in [5, 5.41) is 43.5. The highest BCUT2D eigenvalue weighted by Crippen LogP contribution is 2.31. The molecule has 1 aliphatic rings. The number of nitrogens with zero attached hydrogens (tertiary/aromatic N) is 6. The lowest BCUT2D eigenvalue weighted by Gasteiger charge is -2.16. The van der Waals surface area contributed by atoms with Gasteiger partial charge < -0.3 is 45.6 Å². The van der Waals surface area contributed by atoms with Gasteiger partial charge in [0, 0.05) is 0 Å². The molecule has 1 fully saturated rings. The monoisotopic (exact) mass is 403 g/mol. The zero-order valence-electron chi connectivity index (χ0n) is 15.9. The molecule has 0 spiro atoms. The molecule has 0 amide bonds. The first-order valence-corrected chi connectivity index (χ1v) is 8.02. The van der Waals surface area contributed by atoms with Crippen molar-refractivity contribution < 1.29 is 29.6 Å². The molecule has 14 heteroatoms. The van der Waals surface area contributed by atoms with Crippen LogP contribution >= 0.6 is 0 Å². The van der Waals surface area contributed by atoms with Crippen LogP contribution in [0.25, 0.3) is 11.2 Å². The average Bonchev–Trinajstić information content (AvgIpc) is 3.09. The lowest BCUT2D eigenvalue weighted by atomic mass is 10.1. The molecule has 14 nitrogen and oxygen atoms in total. The van der Waals surface area contributed by atoms with E-state index in [1.165, 1.54) is 17.2 Å². The molecule has 0 saturated carbocycles. The van der Waals surface area contributed by atoms with Crippen LogP contribution in [0.5, 0.6) is 0 Å². The van der Waals surface area contributed by atoms with Crippen LogP contribution in [0.15, 0.2) is 12.7 Å². The number of fused-ring (bicyclic) bond motifs is 1. The average molecular weight is 403 g/mol. The molecule has 3 rings (SSSR count). The molecule has 1 saturated heterocycles. The number of rotatable bonds is 2. The molecule has 3 heterocycles. The summed E-state index contributed by atoms with van der Waals surface area (Å²) in [6.07, 6.45) is -1.42. The Morgan fingerprint density at radius 3 is 2.21 bits per heavy atom. The minimum absolute atomic E-state index is 0.218. The fraction of sp³-hybridized carbons (Fsp3) is 0.643. The predicted octanol–water partition coefficient (Wildman–Crippen LogP) is -1.90. The summed E-state index contributed by atoms with van der Waals surface area (Å²) in [5.41, 5.74) is 6.44. The highest BCUT2D eigenvalue weighted by atomic mass is 16.9. The molecule has 2 aromatic heterocycles. The van der Waals surface area contributed by atoms with Gasteiger partial charge in [-0.1, -0.05) is 0 Å². The van der Waals surface area contributed by atoms with E-state index in [1.54, 1.807) is 0 Å². The van der Waals surface area contributed by atoms with Gasteiger partial charge in [0.1, 0.15) is 30.2 Å². The van der Waals surface area contributed by atoms with E-state index in [-0.39, 0.29) is 5.82 Å². The summed E-state index contributed by atoms with van der Waals surface area (Å²) in [6, 6.07) is 0. The lowest BCUT2D eigenvalue weighted by Crippen LogP contribution is -2.33. The van der Waals surface area contributed by atoms with Crippen molar-refractivity contribution >= 4 is 17.0 Å². The van der Waals surface area contributed by atoms with Crippen molar-refractivity contribution in [1.82, 2.24) is 19.5 Å². The smallest absolute Gasteiger partial charge is 0.167 e. The molecule has 4 atom stereocenters. The number of aromatic nitrogens is 4. The van der Waals surface area contributed by atoms with Gasteiger partial charge in [0.15, 0.2) is 17.7 Å². The van der Waals surface area contributed by atoms with Gasteiger partial charge >= 0.3 is 0 Å². The number of imidazole rings is 1. The van der Waals surface area contributed by atoms with Crippen molar-refractivity contribution in [3.8, 4) is 0 Å². The van der Waals surface area contributed by atoms with Crippen LogP contribution in [0.3, 0.4) is 0 Å². The number of nitrogens with two attached hydrogens (primary N) is 1. The zero-order chi connectivity index (χ0) is 21.6. The van der Waals surface area contributed by atoms with Crippen LogP contribution in [0, 0.1) is 15.3 Å². The Labute approximate surface area is 160 Å². The van der Waals surface area contributed by atoms with Gasteiger partial charge in [0.2, 0.25) is 0 Å². The summed E-state index contributed by atoms with van der Waals surface area (Å²) < 4.78 is 7.85. The van der Waals surface area contributed by atoms with E-state index in [0.717, 1.165) is 4.48 Å². The molecule has 2 aromatic rings. The first-order valence-electron chi connectivity index (χ1n) is 8.02. The maximum atomic E-state index is 9.95. The van der Waals surface area contributed by atoms with Crippen LogP contribution < -0.4 is 5.73 Å². The van der Waals surface area contributed by atoms with Gasteiger partial charge in [-0.05, 0) is 0 Å². The summed E-state index contributed by atoms with van der Waals surface area (Å²) in [7, 11) is 8.50. The summed E-state index contributed by atoms with van der Waals surface area (Å²) in [6.45, 7) is -0.390. The van der Waals surface area contributed by atoms with Crippen molar-refractivity contribution in [2.24, 2.45) is 0 Å². The standard InChI is InChI=1S/C10H13N5O4.C4H12N.NO3/c11-8-5-9(13-2-12-8)15(3-14-5)10-7(18)6(17)4(1-16)19-10;1-5(2,3)4;2-1(3)4/h2-4,6-7,10,16-18H,1H2,(H2,11,12,13);1-4H3;/q;+1;-1/t4-,6-,7-,10-;;/m1../s1. The number of aliphatic hydroxyl groups is 3. The maximum absolute atomic E-state index is 9.95. The third kappa shape index (κ3) is 6.50. The van der Waals surface area contributed by atoms with Crippen LogP contribution in [0.2, 0.25) is 0 Å². The molecule has 5 N–H and O–H groups in total. The number of hydrogen-bond acceptors (Lipinski definition) is 11. The predicted molar refractivity (Wildman–Crippen MR) is 97.1 cm³/mol. The lowest BCUT2D eigenvalue weighted by molar-refractivity contribution is -0.849. The topological polar surface area (TPSA) is 206 Å². The fourth-order valence-corrected chi connectivity index (χ4v) is 2.17. The second kappa shape index (κ2) is 9.52. The van der Waals surface area contributed by atoms with Gasteiger partial charge in [0.05, 0.1) is 46.2 Å². The van der Waals surface area contributed by atoms with Gasteiger partial charge in [-0.2, -0.15) is 0 Å². The maximum Gasteiger partial charge on any atom is 0.167 e. The summed E-state index contributed by atoms with van der Waals surface area (Å²) >= 11 is 0. The van der Waals surface area contributed by atoms with E-state index in [2.05, 4.69) is 43.1 Å². The van der Waals surface area contributed by atoms with E-state index in [4.69, 9.17) is 30.9 Å². The number of nitrogen functional groups attached to an aromatic ring is 1. The van der Waals surface area contributed by atoms with Crippen LogP contribution in [-0.4, -0.2) is 97.5 Å². The van der Waals surface area contributed by atoms with Gasteiger partial charge in [0.25, 0.3) is 0 Å². The molecule has 0 radical (unpaired) electrons. The van der Waals surface area contributed by atoms with Crippen molar-refractivity contribution in [1.29, 1.82) is 0 Å². The van der Waals surface area contributed by atoms with E-state index < -0.39 is 36.2 Å².